The van der Waals surface area contributed by atoms with Crippen LogP contribution in [0, 0.1) is 5.92 Å². The monoisotopic (exact) mass is 369 g/mol. The lowest BCUT2D eigenvalue weighted by Crippen LogP contribution is -2.51. The number of carboxylic acid groups (broad SMARTS) is 1. The van der Waals surface area contributed by atoms with Crippen LogP contribution in [0.3, 0.4) is 0 Å². The summed E-state index contributed by atoms with van der Waals surface area (Å²) < 4.78 is 6.04. The molecule has 0 bridgehead atoms. The Morgan fingerprint density at radius 3 is 2.82 bits per heavy atom. The lowest BCUT2D eigenvalue weighted by Gasteiger charge is -2.28. The van der Waals surface area contributed by atoms with E-state index in [1.54, 1.807) is 6.92 Å². The van der Waals surface area contributed by atoms with Gasteiger partial charge in [-0.3, -0.25) is 9.59 Å². The number of halogens is 1. The third kappa shape index (κ3) is 4.30. The van der Waals surface area contributed by atoms with E-state index in [-0.39, 0.29) is 30.8 Å². The number of benzene rings is 1. The van der Waals surface area contributed by atoms with E-state index < -0.39 is 11.5 Å². The van der Waals surface area contributed by atoms with Crippen molar-refractivity contribution in [2.45, 2.75) is 31.2 Å². The highest BCUT2D eigenvalue weighted by atomic mass is 79.9. The van der Waals surface area contributed by atoms with Crippen molar-refractivity contribution in [2.75, 3.05) is 13.7 Å². The quantitative estimate of drug-likeness (QED) is 0.774. The smallest absolute Gasteiger partial charge is 0.305 e. The first-order chi connectivity index (χ1) is 10.3. The van der Waals surface area contributed by atoms with Gasteiger partial charge < -0.3 is 15.2 Å². The number of carboxylic acids is 1. The molecule has 0 heterocycles. The molecule has 3 atom stereocenters. The van der Waals surface area contributed by atoms with Gasteiger partial charge in [0.15, 0.2) is 0 Å². The molecule has 1 amide bonds. The standard InChI is InChI=1S/C16H20BrNO4/c1-16(9-22-2,8-14(19)20)18-15(21)13-7-12(13)10-4-3-5-11(17)6-10/h3-6,12-13H,7-9H2,1-2H3,(H,18,21)(H,19,20). The predicted octanol–water partition coefficient (Wildman–Crippen LogP) is 2.55. The van der Waals surface area contributed by atoms with Gasteiger partial charge in [0.25, 0.3) is 0 Å². The summed E-state index contributed by atoms with van der Waals surface area (Å²) >= 11 is 3.43. The number of hydrogen-bond donors (Lipinski definition) is 2. The van der Waals surface area contributed by atoms with Crippen molar-refractivity contribution in [1.29, 1.82) is 0 Å². The Labute approximate surface area is 138 Å². The molecule has 22 heavy (non-hydrogen) atoms. The Kier molecular flexibility index (Phi) is 5.24. The van der Waals surface area contributed by atoms with Crippen LogP contribution in [0.2, 0.25) is 0 Å². The molecule has 1 aliphatic rings. The summed E-state index contributed by atoms with van der Waals surface area (Å²) in [7, 11) is 1.49. The van der Waals surface area contributed by atoms with Crippen LogP contribution >= 0.6 is 15.9 Å². The van der Waals surface area contributed by atoms with Crippen molar-refractivity contribution in [3.63, 3.8) is 0 Å². The average Bonchev–Trinajstić information content (AvgIpc) is 3.17. The number of carbonyl (C=O) groups excluding carboxylic acids is 1. The Balaban J connectivity index is 1.99. The van der Waals surface area contributed by atoms with Gasteiger partial charge in [-0.25, -0.2) is 0 Å². The number of methoxy groups -OCH3 is 1. The molecule has 0 aromatic heterocycles. The number of nitrogens with one attached hydrogen (secondary N) is 1. The van der Waals surface area contributed by atoms with Crippen molar-refractivity contribution >= 4 is 27.8 Å². The van der Waals surface area contributed by atoms with E-state index in [4.69, 9.17) is 9.84 Å². The van der Waals surface area contributed by atoms with Gasteiger partial charge in [0.2, 0.25) is 5.91 Å². The molecule has 5 nitrogen and oxygen atoms in total. The topological polar surface area (TPSA) is 75.6 Å². The average molecular weight is 370 g/mol. The Bertz CT molecular complexity index is 577. The number of ether oxygens (including phenoxy) is 1. The highest BCUT2D eigenvalue weighted by molar-refractivity contribution is 9.10. The molecule has 1 aromatic rings. The maximum Gasteiger partial charge on any atom is 0.305 e. The fourth-order valence-corrected chi connectivity index (χ4v) is 3.18. The van der Waals surface area contributed by atoms with E-state index in [2.05, 4.69) is 21.2 Å². The first-order valence-electron chi connectivity index (χ1n) is 7.13. The Hall–Kier alpha value is -1.40. The molecule has 2 rings (SSSR count). The van der Waals surface area contributed by atoms with E-state index in [0.717, 1.165) is 16.5 Å². The zero-order chi connectivity index (χ0) is 16.3. The van der Waals surface area contributed by atoms with Gasteiger partial charge in [0, 0.05) is 17.5 Å². The van der Waals surface area contributed by atoms with Crippen molar-refractivity contribution in [2.24, 2.45) is 5.92 Å². The molecule has 0 radical (unpaired) electrons. The number of carbonyl (C=O) groups is 2. The van der Waals surface area contributed by atoms with Crippen LogP contribution in [0.25, 0.3) is 0 Å². The minimum atomic E-state index is -0.959. The van der Waals surface area contributed by atoms with Gasteiger partial charge in [-0.05, 0) is 37.0 Å². The van der Waals surface area contributed by atoms with Crippen molar-refractivity contribution in [1.82, 2.24) is 5.32 Å². The molecule has 3 unspecified atom stereocenters. The SMILES string of the molecule is COCC(C)(CC(=O)O)NC(=O)C1CC1c1cccc(Br)c1. The highest BCUT2D eigenvalue weighted by Crippen LogP contribution is 2.48. The molecular weight excluding hydrogens is 350 g/mol. The van der Waals surface area contributed by atoms with Crippen LogP contribution in [0.15, 0.2) is 28.7 Å². The highest BCUT2D eigenvalue weighted by Gasteiger charge is 2.45. The van der Waals surface area contributed by atoms with Gasteiger partial charge in [0.05, 0.1) is 18.6 Å². The van der Waals surface area contributed by atoms with Gasteiger partial charge in [-0.1, -0.05) is 28.1 Å². The molecule has 1 aromatic carbocycles. The molecule has 1 fully saturated rings. The molecule has 1 aliphatic carbocycles. The first kappa shape index (κ1) is 17.0. The summed E-state index contributed by atoms with van der Waals surface area (Å²) in [6, 6.07) is 7.92. The zero-order valence-corrected chi connectivity index (χ0v) is 14.2. The molecular formula is C16H20BrNO4. The van der Waals surface area contributed by atoms with Gasteiger partial charge in [0.1, 0.15) is 0 Å². The van der Waals surface area contributed by atoms with E-state index >= 15 is 0 Å². The Morgan fingerprint density at radius 1 is 1.50 bits per heavy atom. The number of hydrogen-bond acceptors (Lipinski definition) is 3. The number of rotatable bonds is 7. The summed E-state index contributed by atoms with van der Waals surface area (Å²) in [5.74, 6) is -0.960. The summed E-state index contributed by atoms with van der Waals surface area (Å²) in [6.45, 7) is 1.86. The number of aliphatic carboxylic acids is 1. The molecule has 0 spiro atoms. The molecule has 1 saturated carbocycles. The van der Waals surface area contributed by atoms with Gasteiger partial charge in [-0.2, -0.15) is 0 Å². The van der Waals surface area contributed by atoms with Gasteiger partial charge >= 0.3 is 5.97 Å². The molecule has 0 saturated heterocycles. The van der Waals surface area contributed by atoms with E-state index in [9.17, 15) is 9.59 Å². The van der Waals surface area contributed by atoms with Gasteiger partial charge in [-0.15, -0.1) is 0 Å². The van der Waals surface area contributed by atoms with Crippen LogP contribution in [-0.4, -0.2) is 36.2 Å². The minimum Gasteiger partial charge on any atom is -0.481 e. The van der Waals surface area contributed by atoms with Crippen LogP contribution in [0.4, 0.5) is 0 Å². The predicted molar refractivity (Wildman–Crippen MR) is 85.7 cm³/mol. The number of amides is 1. The third-order valence-electron chi connectivity index (χ3n) is 3.83. The van der Waals surface area contributed by atoms with Crippen LogP contribution < -0.4 is 5.32 Å². The largest absolute Gasteiger partial charge is 0.481 e. The Morgan fingerprint density at radius 2 is 2.23 bits per heavy atom. The third-order valence-corrected chi connectivity index (χ3v) is 4.33. The second kappa shape index (κ2) is 6.79. The molecule has 2 N–H and O–H groups in total. The molecule has 0 aliphatic heterocycles. The first-order valence-corrected chi connectivity index (χ1v) is 7.92. The fraction of sp³-hybridized carbons (Fsp3) is 0.500. The second-order valence-corrected chi connectivity index (χ2v) is 6.97. The van der Waals surface area contributed by atoms with Crippen molar-refractivity contribution < 1.29 is 19.4 Å². The minimum absolute atomic E-state index is 0.0979. The van der Waals surface area contributed by atoms with E-state index in [1.165, 1.54) is 7.11 Å². The van der Waals surface area contributed by atoms with Crippen LogP contribution in [0.1, 0.15) is 31.2 Å². The van der Waals surface area contributed by atoms with E-state index in [1.807, 2.05) is 24.3 Å². The summed E-state index contributed by atoms with van der Waals surface area (Å²) in [5.41, 5.74) is 0.239. The van der Waals surface area contributed by atoms with Crippen LogP contribution in [-0.2, 0) is 14.3 Å². The summed E-state index contributed by atoms with van der Waals surface area (Å²) in [4.78, 5) is 23.3. The fourth-order valence-electron chi connectivity index (χ4n) is 2.76. The normalized spacial score (nSPS) is 22.7. The summed E-state index contributed by atoms with van der Waals surface area (Å²) in [6.07, 6.45) is 0.624. The molecule has 120 valence electrons. The molecule has 6 heteroatoms. The van der Waals surface area contributed by atoms with Crippen LogP contribution in [0.5, 0.6) is 0 Å². The van der Waals surface area contributed by atoms with Crippen molar-refractivity contribution in [3.05, 3.63) is 34.3 Å². The van der Waals surface area contributed by atoms with E-state index in [0.29, 0.717) is 0 Å². The van der Waals surface area contributed by atoms with Crippen molar-refractivity contribution in [3.8, 4) is 0 Å². The summed E-state index contributed by atoms with van der Waals surface area (Å²) in [5, 5.41) is 11.8. The lowest BCUT2D eigenvalue weighted by molar-refractivity contribution is -0.139. The second-order valence-electron chi connectivity index (χ2n) is 6.06. The lowest BCUT2D eigenvalue weighted by atomic mass is 9.98. The maximum absolute atomic E-state index is 12.4. The zero-order valence-electron chi connectivity index (χ0n) is 12.6. The maximum atomic E-state index is 12.4.